The van der Waals surface area contributed by atoms with E-state index in [0.29, 0.717) is 5.82 Å². The summed E-state index contributed by atoms with van der Waals surface area (Å²) in [7, 11) is 0. The maximum atomic E-state index is 11.3. The Morgan fingerprint density at radius 3 is 2.79 bits per heavy atom. The zero-order chi connectivity index (χ0) is 10.6. The van der Waals surface area contributed by atoms with E-state index in [1.807, 2.05) is 13.8 Å². The van der Waals surface area contributed by atoms with Crippen molar-refractivity contribution in [2.75, 3.05) is 0 Å². The second-order valence-electron chi connectivity index (χ2n) is 3.22. The Kier molecular flexibility index (Phi) is 3.33. The Labute approximate surface area is 81.8 Å². The van der Waals surface area contributed by atoms with Gasteiger partial charge in [-0.25, -0.2) is 0 Å². The van der Waals surface area contributed by atoms with Crippen LogP contribution in [-0.4, -0.2) is 26.5 Å². The van der Waals surface area contributed by atoms with E-state index < -0.39 is 0 Å². The van der Waals surface area contributed by atoms with Crippen LogP contribution < -0.4 is 5.32 Å². The lowest BCUT2D eigenvalue weighted by molar-refractivity contribution is -0.117. The molecule has 6 nitrogen and oxygen atoms in total. The van der Waals surface area contributed by atoms with Gasteiger partial charge in [-0.2, -0.15) is 5.21 Å². The lowest BCUT2D eigenvalue weighted by Gasteiger charge is -2.07. The molecule has 1 heterocycles. The molecule has 76 valence electrons. The minimum atomic E-state index is -0.239. The van der Waals surface area contributed by atoms with Crippen molar-refractivity contribution in [1.82, 2.24) is 25.9 Å². The molecule has 0 saturated heterocycles. The third-order valence-corrected chi connectivity index (χ3v) is 1.53. The molecule has 1 aromatic heterocycles. The number of allylic oxidation sites excluding steroid dienone is 1. The number of aromatic amines is 1. The summed E-state index contributed by atoms with van der Waals surface area (Å²) < 4.78 is 0. The van der Waals surface area contributed by atoms with Gasteiger partial charge in [-0.1, -0.05) is 10.8 Å². The fourth-order valence-electron chi connectivity index (χ4n) is 0.935. The molecule has 0 radical (unpaired) electrons. The van der Waals surface area contributed by atoms with Crippen LogP contribution in [0.5, 0.6) is 0 Å². The van der Waals surface area contributed by atoms with Gasteiger partial charge in [-0.05, 0) is 20.8 Å². The van der Waals surface area contributed by atoms with E-state index in [9.17, 15) is 4.79 Å². The molecule has 1 atom stereocenters. The van der Waals surface area contributed by atoms with Gasteiger partial charge < -0.3 is 5.32 Å². The largest absolute Gasteiger partial charge is 0.343 e. The van der Waals surface area contributed by atoms with Crippen LogP contribution in [0.1, 0.15) is 32.6 Å². The molecule has 0 aromatic carbocycles. The summed E-state index contributed by atoms with van der Waals surface area (Å²) in [6.07, 6.45) is 1.52. The van der Waals surface area contributed by atoms with Crippen LogP contribution in [0.2, 0.25) is 0 Å². The third kappa shape index (κ3) is 2.96. The minimum absolute atomic E-state index is 0.151. The third-order valence-electron chi connectivity index (χ3n) is 1.53. The van der Waals surface area contributed by atoms with Gasteiger partial charge >= 0.3 is 0 Å². The highest BCUT2D eigenvalue weighted by Crippen LogP contribution is 2.02. The Morgan fingerprint density at radius 2 is 2.29 bits per heavy atom. The highest BCUT2D eigenvalue weighted by Gasteiger charge is 2.11. The quantitative estimate of drug-likeness (QED) is 0.681. The number of aromatic nitrogens is 4. The summed E-state index contributed by atoms with van der Waals surface area (Å²) in [5.41, 5.74) is 0.947. The van der Waals surface area contributed by atoms with Crippen molar-refractivity contribution < 1.29 is 4.79 Å². The molecule has 1 aromatic rings. The highest BCUT2D eigenvalue weighted by atomic mass is 16.1. The fourth-order valence-corrected chi connectivity index (χ4v) is 0.935. The molecule has 0 saturated carbocycles. The summed E-state index contributed by atoms with van der Waals surface area (Å²) in [5.74, 6) is 0.322. The molecule has 1 unspecified atom stereocenters. The molecule has 2 N–H and O–H groups in total. The van der Waals surface area contributed by atoms with Gasteiger partial charge in [-0.15, -0.1) is 10.2 Å². The Balaban J connectivity index is 2.54. The maximum Gasteiger partial charge on any atom is 0.244 e. The summed E-state index contributed by atoms with van der Waals surface area (Å²) in [6.45, 7) is 5.51. The fraction of sp³-hybridized carbons (Fsp3) is 0.500. The van der Waals surface area contributed by atoms with E-state index in [2.05, 4.69) is 25.9 Å². The second kappa shape index (κ2) is 4.50. The second-order valence-corrected chi connectivity index (χ2v) is 3.22. The zero-order valence-corrected chi connectivity index (χ0v) is 8.40. The van der Waals surface area contributed by atoms with Crippen LogP contribution in [-0.2, 0) is 4.79 Å². The predicted molar refractivity (Wildman–Crippen MR) is 50.2 cm³/mol. The van der Waals surface area contributed by atoms with Crippen LogP contribution in [0.15, 0.2) is 11.6 Å². The SMILES string of the molecule is CC(C)=CC(=O)NC(C)c1nn[nH]n1. The van der Waals surface area contributed by atoms with Crippen molar-refractivity contribution in [3.63, 3.8) is 0 Å². The number of amides is 1. The molecule has 6 heteroatoms. The predicted octanol–water partition coefficient (Wildman–Crippen LogP) is 0.343. The van der Waals surface area contributed by atoms with Gasteiger partial charge in [0.05, 0.1) is 6.04 Å². The van der Waals surface area contributed by atoms with Gasteiger partial charge in [0.2, 0.25) is 5.91 Å². The van der Waals surface area contributed by atoms with Crippen molar-refractivity contribution in [3.05, 3.63) is 17.5 Å². The first-order chi connectivity index (χ1) is 6.59. The van der Waals surface area contributed by atoms with Crippen molar-refractivity contribution in [2.24, 2.45) is 0 Å². The zero-order valence-electron chi connectivity index (χ0n) is 8.40. The van der Waals surface area contributed by atoms with E-state index >= 15 is 0 Å². The van der Waals surface area contributed by atoms with Gasteiger partial charge in [-0.3, -0.25) is 4.79 Å². The first-order valence-corrected chi connectivity index (χ1v) is 4.28. The Hall–Kier alpha value is -1.72. The molecule has 0 aliphatic heterocycles. The summed E-state index contributed by atoms with van der Waals surface area (Å²) >= 11 is 0. The molecule has 0 spiro atoms. The van der Waals surface area contributed by atoms with Gasteiger partial charge in [0.15, 0.2) is 5.82 Å². The monoisotopic (exact) mass is 195 g/mol. The lowest BCUT2D eigenvalue weighted by atomic mass is 10.3. The number of nitrogens with zero attached hydrogens (tertiary/aromatic N) is 3. The lowest BCUT2D eigenvalue weighted by Crippen LogP contribution is -2.25. The topological polar surface area (TPSA) is 83.6 Å². The summed E-state index contributed by atoms with van der Waals surface area (Å²) in [6, 6.07) is -0.239. The van der Waals surface area contributed by atoms with Crippen LogP contribution in [0.4, 0.5) is 0 Å². The first kappa shape index (κ1) is 10.4. The van der Waals surface area contributed by atoms with Crippen LogP contribution in [0.25, 0.3) is 0 Å². The van der Waals surface area contributed by atoms with Crippen molar-refractivity contribution >= 4 is 5.91 Å². The van der Waals surface area contributed by atoms with Crippen molar-refractivity contribution in [2.45, 2.75) is 26.8 Å². The molecule has 0 aliphatic carbocycles. The van der Waals surface area contributed by atoms with Crippen molar-refractivity contribution in [1.29, 1.82) is 0 Å². The van der Waals surface area contributed by atoms with Gasteiger partial charge in [0.1, 0.15) is 0 Å². The molecule has 1 rings (SSSR count). The van der Waals surface area contributed by atoms with Gasteiger partial charge in [0.25, 0.3) is 0 Å². The number of H-pyrrole nitrogens is 1. The van der Waals surface area contributed by atoms with Crippen LogP contribution in [0.3, 0.4) is 0 Å². The average Bonchev–Trinajstić information content (AvgIpc) is 2.53. The molecule has 0 aliphatic rings. The number of tetrazole rings is 1. The highest BCUT2D eigenvalue weighted by molar-refractivity contribution is 5.88. The van der Waals surface area contributed by atoms with E-state index in [1.165, 1.54) is 6.08 Å². The number of nitrogens with one attached hydrogen (secondary N) is 2. The Morgan fingerprint density at radius 1 is 1.57 bits per heavy atom. The first-order valence-electron chi connectivity index (χ1n) is 4.28. The summed E-state index contributed by atoms with van der Waals surface area (Å²) in [4.78, 5) is 11.3. The average molecular weight is 195 g/mol. The van der Waals surface area contributed by atoms with E-state index in [1.54, 1.807) is 6.92 Å². The molecular weight excluding hydrogens is 182 g/mol. The van der Waals surface area contributed by atoms with Crippen molar-refractivity contribution in [3.8, 4) is 0 Å². The molecule has 0 fully saturated rings. The number of hydrogen-bond donors (Lipinski definition) is 2. The van der Waals surface area contributed by atoms with E-state index in [0.717, 1.165) is 5.57 Å². The summed E-state index contributed by atoms with van der Waals surface area (Å²) in [5, 5.41) is 16.0. The number of carbonyl (C=O) groups is 1. The van der Waals surface area contributed by atoms with Gasteiger partial charge in [0, 0.05) is 6.08 Å². The standard InChI is InChI=1S/C8H13N5O/c1-5(2)4-7(14)9-6(3)8-10-12-13-11-8/h4,6H,1-3H3,(H,9,14)(H,10,11,12,13). The molecule has 0 bridgehead atoms. The molecule has 1 amide bonds. The smallest absolute Gasteiger partial charge is 0.244 e. The number of hydrogen-bond acceptors (Lipinski definition) is 4. The maximum absolute atomic E-state index is 11.3. The normalized spacial score (nSPS) is 11.9. The van der Waals surface area contributed by atoms with E-state index in [4.69, 9.17) is 0 Å². The number of rotatable bonds is 3. The number of carbonyl (C=O) groups excluding carboxylic acids is 1. The van der Waals surface area contributed by atoms with Crippen LogP contribution in [0, 0.1) is 0 Å². The minimum Gasteiger partial charge on any atom is -0.343 e. The molecule has 14 heavy (non-hydrogen) atoms. The molecular formula is C8H13N5O. The van der Waals surface area contributed by atoms with Crippen LogP contribution >= 0.6 is 0 Å². The van der Waals surface area contributed by atoms with E-state index in [-0.39, 0.29) is 11.9 Å². The Bertz CT molecular complexity index is 326.